The van der Waals surface area contributed by atoms with Crippen LogP contribution in [0.3, 0.4) is 0 Å². The largest absolute Gasteiger partial charge is 0.345 e. The van der Waals surface area contributed by atoms with Gasteiger partial charge in [-0.05, 0) is 149 Å². The van der Waals surface area contributed by atoms with E-state index in [2.05, 4.69) is 316 Å². The molecule has 0 aliphatic rings. The summed E-state index contributed by atoms with van der Waals surface area (Å²) in [5.74, 6) is 0. The summed E-state index contributed by atoms with van der Waals surface area (Å²) >= 11 is 0. The lowest BCUT2D eigenvalue weighted by Gasteiger charge is -2.18. The Bertz CT molecular complexity index is 4440. The van der Waals surface area contributed by atoms with E-state index in [-0.39, 0.29) is 0 Å². The zero-order valence-electron chi connectivity index (χ0n) is 68.6. The molecule has 0 radical (unpaired) electrons. The maximum absolute atomic E-state index is 2.35. The number of hydrogen-bond donors (Lipinski definition) is 0. The topological polar surface area (TPSA) is 8.17 Å². The van der Waals surface area contributed by atoms with E-state index in [1.54, 1.807) is 0 Å². The zero-order valence-corrected chi connectivity index (χ0v) is 68.6. The molecule has 0 bridgehead atoms. The van der Waals surface area contributed by atoms with Crippen LogP contribution in [-0.2, 0) is 7.05 Å². The number of aromatic nitrogens is 1. The number of rotatable bonds is 4. The molecule has 102 heavy (non-hydrogen) atoms. The number of nitrogens with zero attached hydrogens (tertiary/aromatic N) is 2. The molecule has 0 unspecified atom stereocenters. The number of anilines is 2. The Labute approximate surface area is 622 Å². The van der Waals surface area contributed by atoms with Crippen LogP contribution in [0, 0.1) is 13.8 Å². The predicted molar refractivity (Wildman–Crippen MR) is 476 cm³/mol. The SMILES string of the molecule is CC.CC.CC.CC.CC.CC.CC.CC.CC.CC.CC.CC.CN(c1ccccc1)c1ccccc1.Cc1cccc(-c2ccc3c4ccccc4c4ccccc4c3c2)c1.Cc1ccccc1-c1cccc2c3ccccc3c3ccccc3c12.Cn1c2ccccc2c2ccccc21. The number of benzene rings is 14. The van der Waals surface area contributed by atoms with Gasteiger partial charge in [-0.15, -0.1) is 0 Å². The van der Waals surface area contributed by atoms with Crippen molar-refractivity contribution in [1.82, 2.24) is 4.57 Å². The van der Waals surface area contributed by atoms with Crippen LogP contribution in [0.1, 0.15) is 177 Å². The normalized spacial score (nSPS) is 9.18. The Morgan fingerprint density at radius 2 is 0.490 bits per heavy atom. The maximum atomic E-state index is 2.35. The van der Waals surface area contributed by atoms with Gasteiger partial charge in [-0.3, -0.25) is 0 Å². The first kappa shape index (κ1) is 92.2. The Morgan fingerprint density at radius 1 is 0.216 bits per heavy atom. The summed E-state index contributed by atoms with van der Waals surface area (Å²) < 4.78 is 2.24. The molecule has 15 rings (SSSR count). The standard InChI is InChI=1S/2C25H18.C13H11N.C13H13N.12C2H6/c1-17-9-2-3-10-18(17)22-15-8-16-24-21-12-5-4-11-19(21)20-13-6-7-14-23(20)25(22)24;1-17-7-6-8-18(15-17)19-13-14-24-22-11-3-2-9-20(22)21-10-4-5-12-23(21)25(24)16-19;1-14-12-8-4-2-6-10(12)11-7-3-5-9-13(11)14;1-14(12-8-4-2-5-9-12)13-10-6-3-7-11-13;12*1-2/h2*2-16H,1H3;2-9H,1H3;2-11H,1H3;12*1-2H3. The molecular formula is C100H132N2. The highest BCUT2D eigenvalue weighted by Crippen LogP contribution is 2.41. The molecule has 0 N–H and O–H groups in total. The van der Waals surface area contributed by atoms with Crippen molar-refractivity contribution in [2.24, 2.45) is 7.05 Å². The van der Waals surface area contributed by atoms with E-state index in [9.17, 15) is 0 Å². The van der Waals surface area contributed by atoms with Crippen molar-refractivity contribution in [2.45, 2.75) is 180 Å². The van der Waals surface area contributed by atoms with Crippen molar-refractivity contribution in [3.8, 4) is 22.3 Å². The van der Waals surface area contributed by atoms with E-state index in [4.69, 9.17) is 0 Å². The van der Waals surface area contributed by atoms with E-state index in [0.717, 1.165) is 0 Å². The van der Waals surface area contributed by atoms with E-state index in [0.29, 0.717) is 0 Å². The van der Waals surface area contributed by atoms with E-state index in [1.807, 2.05) is 178 Å². The number of aryl methyl sites for hydroxylation is 3. The Hall–Kier alpha value is -9.76. The van der Waals surface area contributed by atoms with Crippen molar-refractivity contribution < 1.29 is 0 Å². The second-order valence-corrected chi connectivity index (χ2v) is 20.2. The van der Waals surface area contributed by atoms with E-state index >= 15 is 0 Å². The predicted octanol–water partition coefficient (Wildman–Crippen LogP) is 33.3. The molecule has 15 aromatic rings. The van der Waals surface area contributed by atoms with Crippen LogP contribution in [0.4, 0.5) is 11.4 Å². The molecule has 542 valence electrons. The minimum Gasteiger partial charge on any atom is -0.345 e. The minimum atomic E-state index is 1.21. The van der Waals surface area contributed by atoms with E-state index in [1.165, 1.54) is 131 Å². The van der Waals surface area contributed by atoms with Crippen LogP contribution in [0.5, 0.6) is 0 Å². The molecule has 0 saturated heterocycles. The summed E-state index contributed by atoms with van der Waals surface area (Å²) in [7, 11) is 4.19. The highest BCUT2D eigenvalue weighted by Gasteiger charge is 2.14. The Morgan fingerprint density at radius 3 is 0.873 bits per heavy atom. The smallest absolute Gasteiger partial charge is 0.0488 e. The molecular weight excluding hydrogens is 1230 g/mol. The fraction of sp³-hybridized carbons (Fsp3) is 0.280. The summed E-state index contributed by atoms with van der Waals surface area (Å²) in [6.07, 6.45) is 0. The molecule has 0 spiro atoms. The highest BCUT2D eigenvalue weighted by molar-refractivity contribution is 6.29. The summed E-state index contributed by atoms with van der Waals surface area (Å²) in [5.41, 5.74) is 12.8. The molecule has 0 atom stereocenters. The molecule has 0 saturated carbocycles. The van der Waals surface area contributed by atoms with Crippen molar-refractivity contribution in [3.63, 3.8) is 0 Å². The van der Waals surface area contributed by atoms with Crippen molar-refractivity contribution in [3.05, 3.63) is 302 Å². The van der Waals surface area contributed by atoms with Crippen LogP contribution in [-0.4, -0.2) is 11.6 Å². The van der Waals surface area contributed by atoms with E-state index < -0.39 is 0 Å². The quantitative estimate of drug-likeness (QED) is 0.159. The highest BCUT2D eigenvalue weighted by atomic mass is 15.1. The second kappa shape index (κ2) is 55.0. The first-order valence-electron chi connectivity index (χ1n) is 39.0. The molecule has 0 aliphatic carbocycles. The lowest BCUT2D eigenvalue weighted by atomic mass is 9.88. The molecule has 1 heterocycles. The summed E-state index contributed by atoms with van der Waals surface area (Å²) in [6, 6.07) is 104. The van der Waals surface area contributed by atoms with Gasteiger partial charge in [0.05, 0.1) is 0 Å². The average molecular weight is 1360 g/mol. The minimum absolute atomic E-state index is 1.21. The second-order valence-electron chi connectivity index (χ2n) is 20.2. The van der Waals surface area contributed by atoms with Gasteiger partial charge in [-0.25, -0.2) is 0 Å². The number of para-hydroxylation sites is 4. The van der Waals surface area contributed by atoms with Crippen LogP contribution >= 0.6 is 0 Å². The van der Waals surface area contributed by atoms with Crippen LogP contribution < -0.4 is 4.90 Å². The van der Waals surface area contributed by atoms with Gasteiger partial charge in [0, 0.05) is 47.3 Å². The fourth-order valence-electron chi connectivity index (χ4n) is 11.5. The van der Waals surface area contributed by atoms with Gasteiger partial charge in [0.15, 0.2) is 0 Å². The van der Waals surface area contributed by atoms with Gasteiger partial charge in [0.25, 0.3) is 0 Å². The molecule has 14 aromatic carbocycles. The van der Waals surface area contributed by atoms with Crippen LogP contribution in [0.25, 0.3) is 109 Å². The molecule has 0 fully saturated rings. The summed E-state index contributed by atoms with van der Waals surface area (Å²) in [5, 5.41) is 18.6. The third-order valence-corrected chi connectivity index (χ3v) is 15.4. The Kier molecular flexibility index (Phi) is 49.7. The number of fused-ring (bicyclic) bond motifs is 15. The first-order chi connectivity index (χ1) is 50.4. The molecule has 2 nitrogen and oxygen atoms in total. The van der Waals surface area contributed by atoms with Gasteiger partial charge < -0.3 is 9.47 Å². The van der Waals surface area contributed by atoms with Gasteiger partial charge in [0.2, 0.25) is 0 Å². The average Bonchev–Trinajstić information content (AvgIpc) is 0.948. The fourth-order valence-corrected chi connectivity index (χ4v) is 11.5. The number of hydrogen-bond acceptors (Lipinski definition) is 1. The van der Waals surface area contributed by atoms with Gasteiger partial charge in [-0.1, -0.05) is 420 Å². The van der Waals surface area contributed by atoms with Gasteiger partial charge in [0.1, 0.15) is 0 Å². The van der Waals surface area contributed by atoms with Crippen molar-refractivity contribution in [1.29, 1.82) is 0 Å². The van der Waals surface area contributed by atoms with Gasteiger partial charge in [-0.2, -0.15) is 0 Å². The summed E-state index contributed by atoms with van der Waals surface area (Å²) in [4.78, 5) is 2.17. The molecule has 2 heteroatoms. The molecule has 0 aliphatic heterocycles. The first-order valence-corrected chi connectivity index (χ1v) is 39.0. The third-order valence-electron chi connectivity index (χ3n) is 15.4. The molecule has 1 aromatic heterocycles. The third kappa shape index (κ3) is 24.2. The molecule has 0 amide bonds. The van der Waals surface area contributed by atoms with Crippen molar-refractivity contribution in [2.75, 3.05) is 11.9 Å². The summed E-state index contributed by atoms with van der Waals surface area (Å²) in [6.45, 7) is 52.3. The lowest BCUT2D eigenvalue weighted by molar-refractivity contribution is 1.01. The monoisotopic (exact) mass is 1360 g/mol. The van der Waals surface area contributed by atoms with Crippen molar-refractivity contribution >= 4 is 97.8 Å². The Balaban J connectivity index is 0.00000124. The zero-order chi connectivity index (χ0) is 77.0. The van der Waals surface area contributed by atoms with Crippen LogP contribution in [0.2, 0.25) is 0 Å². The maximum Gasteiger partial charge on any atom is 0.0488 e. The van der Waals surface area contributed by atoms with Gasteiger partial charge >= 0.3 is 0 Å². The van der Waals surface area contributed by atoms with Crippen LogP contribution in [0.15, 0.2) is 291 Å². The lowest BCUT2D eigenvalue weighted by Crippen LogP contribution is -2.08.